The fraction of sp³-hybridized carbons (Fsp3) is 0.605. The molecule has 4 fully saturated rings. The second kappa shape index (κ2) is 19.3. The van der Waals surface area contributed by atoms with Crippen molar-refractivity contribution < 1.29 is 45.7 Å². The number of hydrogen-bond acceptors (Lipinski definition) is 7. The molecule has 318 valence electrons. The van der Waals surface area contributed by atoms with E-state index in [9.17, 15) is 31.1 Å². The summed E-state index contributed by atoms with van der Waals surface area (Å²) in [6.07, 6.45) is 2.39. The van der Waals surface area contributed by atoms with Crippen LogP contribution < -0.4 is 9.47 Å². The van der Waals surface area contributed by atoms with Crippen molar-refractivity contribution in [3.63, 3.8) is 0 Å². The number of halogens is 7. The summed E-state index contributed by atoms with van der Waals surface area (Å²) in [6, 6.07) is 13.9. The van der Waals surface area contributed by atoms with Gasteiger partial charge in [0.15, 0.2) is 0 Å². The summed E-state index contributed by atoms with van der Waals surface area (Å²) in [5.41, 5.74) is -1.04. The van der Waals surface area contributed by atoms with E-state index >= 15 is 0 Å². The topological polar surface area (TPSA) is 88.0 Å². The molecule has 2 aromatic heterocycles. The van der Waals surface area contributed by atoms with Gasteiger partial charge in [0.05, 0.1) is 29.6 Å². The van der Waals surface area contributed by atoms with Crippen molar-refractivity contribution >= 4 is 21.9 Å². The van der Waals surface area contributed by atoms with Crippen LogP contribution in [0.25, 0.3) is 11.1 Å². The summed E-state index contributed by atoms with van der Waals surface area (Å²) in [4.78, 5) is 23.5. The number of carboxylic acid groups (broad SMARTS) is 1. The molecule has 1 aromatic carbocycles. The number of alkyl halides is 6. The average Bonchev–Trinajstić information content (AvgIpc) is 3.90. The van der Waals surface area contributed by atoms with Gasteiger partial charge in [0.25, 0.3) is 0 Å². The average molecular weight is 884 g/mol. The Morgan fingerprint density at radius 1 is 0.655 bits per heavy atom. The first-order valence-electron chi connectivity index (χ1n) is 20.4. The number of pyridine rings is 2. The maximum Gasteiger partial charge on any atom is 0.395 e. The molecule has 0 amide bonds. The summed E-state index contributed by atoms with van der Waals surface area (Å²) in [7, 11) is 0. The molecule has 8 nitrogen and oxygen atoms in total. The number of carboxylic acids is 1. The lowest BCUT2D eigenvalue weighted by Crippen LogP contribution is -2.48. The van der Waals surface area contributed by atoms with Crippen molar-refractivity contribution in [3.8, 4) is 22.9 Å². The van der Waals surface area contributed by atoms with E-state index in [1.54, 1.807) is 42.7 Å². The van der Waals surface area contributed by atoms with E-state index in [0.29, 0.717) is 75.6 Å². The Hall–Kier alpha value is -3.43. The Morgan fingerprint density at radius 2 is 1.07 bits per heavy atom. The largest absolute Gasteiger partial charge is 0.478 e. The van der Waals surface area contributed by atoms with Crippen molar-refractivity contribution in [3.05, 3.63) is 71.0 Å². The summed E-state index contributed by atoms with van der Waals surface area (Å²) >= 11 is 3.33. The van der Waals surface area contributed by atoms with Crippen LogP contribution >= 0.6 is 15.9 Å². The molecule has 0 atom stereocenters. The molecule has 2 aliphatic carbocycles. The van der Waals surface area contributed by atoms with E-state index in [2.05, 4.69) is 25.9 Å². The van der Waals surface area contributed by atoms with Gasteiger partial charge in [-0.15, -0.1) is 0 Å². The molecule has 2 saturated carbocycles. The van der Waals surface area contributed by atoms with Gasteiger partial charge in [0.2, 0.25) is 11.8 Å². The molecule has 4 heterocycles. The standard InChI is InChI=1S/C25H29F3N2O3.C18H24BrF3N2O/c26-25(27,28)24(11-1-2-12-24)17-30-13-9-18(10-14-30)16-33-22-8-7-21(15-29-22)19-3-5-20(6-4-19)23(31)32;19-15-3-4-16(23-11-15)25-12-14-5-9-24(10-6-14)13-17(18(20,21)22)7-1-2-8-17/h3-8,15,18H,1-2,9-14,16-17H2,(H,31,32);3-4,11,14H,1-2,5-10,12-13H2. The maximum atomic E-state index is 13.7. The van der Waals surface area contributed by atoms with E-state index in [1.807, 2.05) is 28.0 Å². The Morgan fingerprint density at radius 3 is 1.43 bits per heavy atom. The van der Waals surface area contributed by atoms with E-state index in [1.165, 1.54) is 0 Å². The number of ether oxygens (including phenoxy) is 2. The second-order valence-electron chi connectivity index (χ2n) is 16.6. The van der Waals surface area contributed by atoms with Crippen LogP contribution in [0, 0.1) is 22.7 Å². The second-order valence-corrected chi connectivity index (χ2v) is 17.5. The number of nitrogens with zero attached hydrogens (tertiary/aromatic N) is 4. The number of aromatic carboxylic acids is 1. The third-order valence-electron chi connectivity index (χ3n) is 12.6. The number of hydrogen-bond donors (Lipinski definition) is 1. The van der Waals surface area contributed by atoms with Gasteiger partial charge in [-0.1, -0.05) is 37.8 Å². The lowest BCUT2D eigenvalue weighted by molar-refractivity contribution is -0.229. The summed E-state index contributed by atoms with van der Waals surface area (Å²) in [6.45, 7) is 4.15. The molecule has 0 spiro atoms. The van der Waals surface area contributed by atoms with Crippen LogP contribution in [0.3, 0.4) is 0 Å². The van der Waals surface area contributed by atoms with Crippen molar-refractivity contribution in [1.29, 1.82) is 0 Å². The molecule has 2 aliphatic heterocycles. The molecule has 0 bridgehead atoms. The first-order chi connectivity index (χ1) is 27.6. The third-order valence-corrected chi connectivity index (χ3v) is 13.1. The molecule has 4 aliphatic rings. The monoisotopic (exact) mass is 882 g/mol. The predicted molar refractivity (Wildman–Crippen MR) is 212 cm³/mol. The van der Waals surface area contributed by atoms with Crippen LogP contribution in [0.2, 0.25) is 0 Å². The van der Waals surface area contributed by atoms with Crippen LogP contribution in [0.1, 0.15) is 87.4 Å². The van der Waals surface area contributed by atoms with E-state index < -0.39 is 29.2 Å². The van der Waals surface area contributed by atoms with Gasteiger partial charge in [-0.25, -0.2) is 14.8 Å². The van der Waals surface area contributed by atoms with Crippen LogP contribution in [0.4, 0.5) is 26.3 Å². The molecular formula is C43H53BrF6N4O4. The highest BCUT2D eigenvalue weighted by atomic mass is 79.9. The van der Waals surface area contributed by atoms with Crippen LogP contribution in [0.15, 0.2) is 65.4 Å². The summed E-state index contributed by atoms with van der Waals surface area (Å²) in [5.74, 6) is 0.814. The minimum absolute atomic E-state index is 0.126. The molecule has 1 N–H and O–H groups in total. The Kier molecular flexibility index (Phi) is 14.7. The SMILES string of the molecule is FC(F)(F)C1(CN2CCC(COc3ccc(Br)cn3)CC2)CCCC1.O=C(O)c1ccc(-c2ccc(OCC3CCN(CC4(C(F)(F)F)CCCC4)CC3)nc2)cc1. The highest BCUT2D eigenvalue weighted by Crippen LogP contribution is 2.52. The van der Waals surface area contributed by atoms with Crippen LogP contribution in [-0.4, -0.2) is 95.7 Å². The van der Waals surface area contributed by atoms with Crippen LogP contribution in [-0.2, 0) is 0 Å². The van der Waals surface area contributed by atoms with Crippen molar-refractivity contribution in [2.45, 2.75) is 89.4 Å². The lowest BCUT2D eigenvalue weighted by atomic mass is 9.83. The van der Waals surface area contributed by atoms with Gasteiger partial charge >= 0.3 is 18.3 Å². The van der Waals surface area contributed by atoms with Gasteiger partial charge in [0.1, 0.15) is 0 Å². The lowest BCUT2D eigenvalue weighted by Gasteiger charge is -2.40. The summed E-state index contributed by atoms with van der Waals surface area (Å²) < 4.78 is 94.0. The van der Waals surface area contributed by atoms with Crippen LogP contribution in [0.5, 0.6) is 11.8 Å². The van der Waals surface area contributed by atoms with Gasteiger partial charge in [-0.2, -0.15) is 26.3 Å². The molecule has 58 heavy (non-hydrogen) atoms. The predicted octanol–water partition coefficient (Wildman–Crippen LogP) is 10.7. The zero-order chi connectivity index (χ0) is 41.4. The first-order valence-corrected chi connectivity index (χ1v) is 21.2. The highest BCUT2D eigenvalue weighted by molar-refractivity contribution is 9.10. The number of benzene rings is 1. The van der Waals surface area contributed by atoms with Gasteiger partial charge in [0, 0.05) is 47.7 Å². The van der Waals surface area contributed by atoms with Crippen molar-refractivity contribution in [2.24, 2.45) is 22.7 Å². The van der Waals surface area contributed by atoms with E-state index in [0.717, 1.165) is 54.4 Å². The fourth-order valence-corrected chi connectivity index (χ4v) is 9.17. The van der Waals surface area contributed by atoms with Gasteiger partial charge in [-0.3, -0.25) is 0 Å². The Bertz CT molecular complexity index is 1730. The first kappa shape index (κ1) is 44.1. The highest BCUT2D eigenvalue weighted by Gasteiger charge is 2.57. The number of rotatable bonds is 12. The number of aromatic nitrogens is 2. The Balaban J connectivity index is 0.000000203. The van der Waals surface area contributed by atoms with Crippen molar-refractivity contribution in [1.82, 2.24) is 19.8 Å². The number of likely N-dealkylation sites (tertiary alicyclic amines) is 2. The summed E-state index contributed by atoms with van der Waals surface area (Å²) in [5, 5.41) is 8.99. The van der Waals surface area contributed by atoms with Gasteiger partial charge < -0.3 is 24.4 Å². The smallest absolute Gasteiger partial charge is 0.395 e. The minimum Gasteiger partial charge on any atom is -0.478 e. The number of piperidine rings is 2. The third kappa shape index (κ3) is 11.4. The normalized spacial score (nSPS) is 20.7. The molecule has 3 aromatic rings. The molecule has 7 rings (SSSR count). The number of carbonyl (C=O) groups is 1. The molecule has 0 unspecified atom stereocenters. The fourth-order valence-electron chi connectivity index (χ4n) is 8.94. The quantitative estimate of drug-likeness (QED) is 0.180. The maximum absolute atomic E-state index is 13.7. The Labute approximate surface area is 344 Å². The zero-order valence-electron chi connectivity index (χ0n) is 32.7. The molecule has 15 heteroatoms. The molecule has 2 saturated heterocycles. The molecule has 0 radical (unpaired) electrons. The van der Waals surface area contributed by atoms with Gasteiger partial charge in [-0.05, 0) is 135 Å². The molecular weight excluding hydrogens is 830 g/mol. The van der Waals surface area contributed by atoms with E-state index in [-0.39, 0.29) is 44.3 Å². The van der Waals surface area contributed by atoms with E-state index in [4.69, 9.17) is 14.6 Å². The zero-order valence-corrected chi connectivity index (χ0v) is 34.3. The van der Waals surface area contributed by atoms with Crippen molar-refractivity contribution in [2.75, 3.05) is 52.5 Å². The minimum atomic E-state index is -4.13.